The third-order valence-electron chi connectivity index (χ3n) is 5.32. The topological polar surface area (TPSA) is 97.0 Å². The standard InChI is InChI=1S/C27H24BrN3O5/c1-3-35-23-15-18(13-20-26(33)30-31(27(20)34)19-10-5-4-6-11-19)14-21(28)25(23)36-16-24(32)29-22-12-8-7-9-17(22)2/h4-15H,3,16H2,1-2H3,(H,29,32)(H,30,33)/b20-13-. The molecule has 1 saturated heterocycles. The van der Waals surface area contributed by atoms with Gasteiger partial charge in [0, 0.05) is 5.69 Å². The highest BCUT2D eigenvalue weighted by molar-refractivity contribution is 9.10. The first-order valence-electron chi connectivity index (χ1n) is 11.2. The number of hydrazine groups is 1. The Balaban J connectivity index is 1.53. The van der Waals surface area contributed by atoms with Crippen molar-refractivity contribution in [1.82, 2.24) is 5.43 Å². The van der Waals surface area contributed by atoms with Crippen LogP contribution in [-0.4, -0.2) is 30.9 Å². The Kier molecular flexibility index (Phi) is 7.70. The summed E-state index contributed by atoms with van der Waals surface area (Å²) in [6.45, 7) is 3.83. The highest BCUT2D eigenvalue weighted by Crippen LogP contribution is 2.38. The minimum atomic E-state index is -0.508. The van der Waals surface area contributed by atoms with Gasteiger partial charge in [0.15, 0.2) is 18.1 Å². The highest BCUT2D eigenvalue weighted by Gasteiger charge is 2.34. The molecular weight excluding hydrogens is 526 g/mol. The van der Waals surface area contributed by atoms with Gasteiger partial charge in [0.2, 0.25) is 0 Å². The van der Waals surface area contributed by atoms with E-state index in [1.54, 1.807) is 36.4 Å². The van der Waals surface area contributed by atoms with E-state index in [2.05, 4.69) is 26.7 Å². The zero-order valence-electron chi connectivity index (χ0n) is 19.7. The first-order chi connectivity index (χ1) is 17.4. The van der Waals surface area contributed by atoms with Crippen LogP contribution in [0, 0.1) is 6.92 Å². The Morgan fingerprint density at radius 2 is 1.78 bits per heavy atom. The Hall–Kier alpha value is -4.11. The molecule has 1 fully saturated rings. The largest absolute Gasteiger partial charge is 0.490 e. The summed E-state index contributed by atoms with van der Waals surface area (Å²) in [6.07, 6.45) is 1.49. The van der Waals surface area contributed by atoms with E-state index in [1.165, 1.54) is 11.1 Å². The van der Waals surface area contributed by atoms with E-state index in [4.69, 9.17) is 9.47 Å². The van der Waals surface area contributed by atoms with E-state index in [9.17, 15) is 14.4 Å². The van der Waals surface area contributed by atoms with Crippen LogP contribution in [0.5, 0.6) is 11.5 Å². The molecule has 0 spiro atoms. The van der Waals surface area contributed by atoms with E-state index in [0.717, 1.165) is 5.56 Å². The van der Waals surface area contributed by atoms with Crippen molar-refractivity contribution in [2.45, 2.75) is 13.8 Å². The zero-order valence-corrected chi connectivity index (χ0v) is 21.3. The van der Waals surface area contributed by atoms with Crippen molar-refractivity contribution in [1.29, 1.82) is 0 Å². The van der Waals surface area contributed by atoms with Crippen molar-refractivity contribution in [3.63, 3.8) is 0 Å². The second kappa shape index (κ2) is 11.1. The molecule has 1 heterocycles. The molecule has 0 saturated carbocycles. The number of amides is 3. The first kappa shape index (κ1) is 25.0. The summed E-state index contributed by atoms with van der Waals surface area (Å²) in [5, 5.41) is 4.03. The fraction of sp³-hybridized carbons (Fsp3) is 0.148. The Labute approximate surface area is 217 Å². The third-order valence-corrected chi connectivity index (χ3v) is 5.90. The van der Waals surface area contributed by atoms with Gasteiger partial charge in [-0.05, 0) is 77.3 Å². The minimum Gasteiger partial charge on any atom is -0.490 e. The van der Waals surface area contributed by atoms with Gasteiger partial charge < -0.3 is 14.8 Å². The SMILES string of the molecule is CCOc1cc(/C=C2/C(=O)NN(c3ccccc3)C2=O)cc(Br)c1OCC(=O)Nc1ccccc1C. The summed E-state index contributed by atoms with van der Waals surface area (Å²) in [5.41, 5.74) is 5.32. The van der Waals surface area contributed by atoms with Gasteiger partial charge in [-0.2, -0.15) is 0 Å². The summed E-state index contributed by atoms with van der Waals surface area (Å²) in [5.74, 6) is -0.584. The van der Waals surface area contributed by atoms with Crippen LogP contribution in [0.15, 0.2) is 76.8 Å². The molecule has 0 aromatic heterocycles. The molecule has 0 radical (unpaired) electrons. The fourth-order valence-corrected chi connectivity index (χ4v) is 4.17. The van der Waals surface area contributed by atoms with Crippen LogP contribution in [0.2, 0.25) is 0 Å². The molecule has 1 aliphatic rings. The lowest BCUT2D eigenvalue weighted by molar-refractivity contribution is -0.118. The van der Waals surface area contributed by atoms with E-state index < -0.39 is 11.8 Å². The Bertz CT molecular complexity index is 1340. The van der Waals surface area contributed by atoms with E-state index >= 15 is 0 Å². The normalized spacial score (nSPS) is 14.1. The van der Waals surface area contributed by atoms with Crippen LogP contribution < -0.4 is 25.2 Å². The average molecular weight is 550 g/mol. The smallest absolute Gasteiger partial charge is 0.282 e. The van der Waals surface area contributed by atoms with Gasteiger partial charge in [-0.3, -0.25) is 19.8 Å². The molecule has 3 aromatic carbocycles. The quantitative estimate of drug-likeness (QED) is 0.315. The molecule has 0 unspecified atom stereocenters. The van der Waals surface area contributed by atoms with Crippen molar-refractivity contribution in [3.05, 3.63) is 87.9 Å². The second-order valence-corrected chi connectivity index (χ2v) is 8.74. The molecule has 2 N–H and O–H groups in total. The van der Waals surface area contributed by atoms with Crippen LogP contribution >= 0.6 is 15.9 Å². The first-order valence-corrected chi connectivity index (χ1v) is 12.0. The lowest BCUT2D eigenvalue weighted by Crippen LogP contribution is -2.35. The van der Waals surface area contributed by atoms with Crippen molar-refractivity contribution >= 4 is 51.1 Å². The van der Waals surface area contributed by atoms with Gasteiger partial charge in [-0.15, -0.1) is 0 Å². The minimum absolute atomic E-state index is 0.0144. The molecule has 0 bridgehead atoms. The summed E-state index contributed by atoms with van der Waals surface area (Å²) in [7, 11) is 0. The predicted molar refractivity (Wildman–Crippen MR) is 141 cm³/mol. The van der Waals surface area contributed by atoms with E-state index in [0.29, 0.717) is 39.5 Å². The number of carbonyl (C=O) groups excluding carboxylic acids is 3. The molecule has 8 nitrogen and oxygen atoms in total. The van der Waals surface area contributed by atoms with Gasteiger partial charge in [0.05, 0.1) is 16.8 Å². The van der Waals surface area contributed by atoms with Crippen LogP contribution in [0.25, 0.3) is 6.08 Å². The lowest BCUT2D eigenvalue weighted by atomic mass is 10.1. The number of rotatable bonds is 8. The Morgan fingerprint density at radius 3 is 2.50 bits per heavy atom. The van der Waals surface area contributed by atoms with E-state index in [-0.39, 0.29) is 18.1 Å². The van der Waals surface area contributed by atoms with Crippen LogP contribution in [0.1, 0.15) is 18.1 Å². The van der Waals surface area contributed by atoms with Gasteiger partial charge in [0.1, 0.15) is 5.57 Å². The molecule has 3 aromatic rings. The molecule has 3 amide bonds. The van der Waals surface area contributed by atoms with Crippen molar-refractivity contribution in [2.75, 3.05) is 23.5 Å². The molecule has 36 heavy (non-hydrogen) atoms. The number of anilines is 2. The van der Waals surface area contributed by atoms with Crippen LogP contribution in [-0.2, 0) is 14.4 Å². The number of hydrogen-bond acceptors (Lipinski definition) is 5. The van der Waals surface area contributed by atoms with E-state index in [1.807, 2.05) is 44.2 Å². The summed E-state index contributed by atoms with van der Waals surface area (Å²) >= 11 is 3.46. The molecular formula is C27H24BrN3O5. The van der Waals surface area contributed by atoms with Gasteiger partial charge in [-0.25, -0.2) is 5.01 Å². The maximum atomic E-state index is 12.9. The molecule has 9 heteroatoms. The molecule has 184 valence electrons. The average Bonchev–Trinajstić information content (AvgIpc) is 3.14. The maximum Gasteiger partial charge on any atom is 0.282 e. The predicted octanol–water partition coefficient (Wildman–Crippen LogP) is 4.64. The number of carbonyl (C=O) groups is 3. The van der Waals surface area contributed by atoms with Gasteiger partial charge >= 0.3 is 0 Å². The molecule has 0 atom stereocenters. The van der Waals surface area contributed by atoms with Crippen molar-refractivity contribution < 1.29 is 23.9 Å². The van der Waals surface area contributed by atoms with Crippen LogP contribution in [0.4, 0.5) is 11.4 Å². The third kappa shape index (κ3) is 5.58. The fourth-order valence-electron chi connectivity index (χ4n) is 3.59. The summed E-state index contributed by atoms with van der Waals surface area (Å²) in [4.78, 5) is 37.9. The number of nitrogens with one attached hydrogen (secondary N) is 2. The van der Waals surface area contributed by atoms with Crippen molar-refractivity contribution in [3.8, 4) is 11.5 Å². The Morgan fingerprint density at radius 1 is 1.06 bits per heavy atom. The molecule has 1 aliphatic heterocycles. The highest BCUT2D eigenvalue weighted by atomic mass is 79.9. The number of hydrogen-bond donors (Lipinski definition) is 2. The van der Waals surface area contributed by atoms with Gasteiger partial charge in [0.25, 0.3) is 17.7 Å². The number of halogens is 1. The maximum absolute atomic E-state index is 12.9. The zero-order chi connectivity index (χ0) is 25.7. The number of benzene rings is 3. The lowest BCUT2D eigenvalue weighted by Gasteiger charge is -2.15. The summed E-state index contributed by atoms with van der Waals surface area (Å²) < 4.78 is 12.0. The number of para-hydroxylation sites is 2. The number of nitrogens with zero attached hydrogens (tertiary/aromatic N) is 1. The molecule has 0 aliphatic carbocycles. The van der Waals surface area contributed by atoms with Crippen molar-refractivity contribution in [2.24, 2.45) is 0 Å². The number of aryl methyl sites for hydroxylation is 1. The summed E-state index contributed by atoms with van der Waals surface area (Å²) in [6, 6.07) is 19.6. The van der Waals surface area contributed by atoms with Gasteiger partial charge in [-0.1, -0.05) is 36.4 Å². The van der Waals surface area contributed by atoms with Crippen LogP contribution in [0.3, 0.4) is 0 Å². The monoisotopic (exact) mass is 549 g/mol. The number of ether oxygens (including phenoxy) is 2. The molecule has 4 rings (SSSR count). The second-order valence-electron chi connectivity index (χ2n) is 7.89.